The van der Waals surface area contributed by atoms with E-state index in [1.807, 2.05) is 37.3 Å². The van der Waals surface area contributed by atoms with E-state index >= 15 is 0 Å². The molecule has 0 unspecified atom stereocenters. The Balaban J connectivity index is 0.00000840. The van der Waals surface area contributed by atoms with E-state index in [1.54, 1.807) is 0 Å². The minimum Gasteiger partial charge on any atom is -0.370 e. The van der Waals surface area contributed by atoms with Crippen LogP contribution in [0, 0.1) is 0 Å². The molecule has 0 radical (unpaired) electrons. The van der Waals surface area contributed by atoms with Crippen LogP contribution in [0.15, 0.2) is 40.4 Å². The van der Waals surface area contributed by atoms with Gasteiger partial charge in [0.25, 0.3) is 0 Å². The van der Waals surface area contributed by atoms with Crippen LogP contribution < -0.4 is 32.8 Å². The van der Waals surface area contributed by atoms with Crippen LogP contribution in [0.2, 0.25) is 0 Å². The van der Waals surface area contributed by atoms with E-state index in [2.05, 4.69) is 31.5 Å². The molecule has 0 spiro atoms. The molecule has 1 fully saturated rings. The Morgan fingerprint density at radius 1 is 1.15 bits per heavy atom. The lowest BCUT2D eigenvalue weighted by Gasteiger charge is -2.26. The fourth-order valence-electron chi connectivity index (χ4n) is 4.25. The number of hydrogen-bond donors (Lipinski definition) is 6. The summed E-state index contributed by atoms with van der Waals surface area (Å²) in [5.41, 5.74) is 14.1. The third-order valence-electron chi connectivity index (χ3n) is 6.18. The molecule has 0 aromatic heterocycles. The van der Waals surface area contributed by atoms with Crippen molar-refractivity contribution in [3.8, 4) is 0 Å². The zero-order chi connectivity index (χ0) is 29.5. The van der Waals surface area contributed by atoms with Crippen LogP contribution in [-0.4, -0.2) is 83.5 Å². The molecule has 1 heterocycles. The van der Waals surface area contributed by atoms with Crippen molar-refractivity contribution < 1.29 is 19.2 Å². The first kappa shape index (κ1) is 35.2. The van der Waals surface area contributed by atoms with Gasteiger partial charge in [-0.2, -0.15) is 5.10 Å². The average Bonchev–Trinajstić information content (AvgIpc) is 3.41. The zero-order valence-electron chi connectivity index (χ0n) is 23.3. The molecule has 2 rings (SSSR count). The van der Waals surface area contributed by atoms with Gasteiger partial charge in [-0.05, 0) is 50.4 Å². The summed E-state index contributed by atoms with van der Waals surface area (Å²) >= 11 is 5.04. The normalized spacial score (nSPS) is 15.7. The lowest BCUT2D eigenvalue weighted by molar-refractivity contribution is -0.138. The molecular formula is C26H40ClN9O4S. The van der Waals surface area contributed by atoms with E-state index < -0.39 is 35.7 Å². The Kier molecular flexibility index (Phi) is 15.9. The van der Waals surface area contributed by atoms with Crippen molar-refractivity contribution >= 4 is 65.4 Å². The molecule has 0 saturated carbocycles. The van der Waals surface area contributed by atoms with E-state index in [1.165, 1.54) is 11.8 Å². The molecule has 13 nitrogen and oxygen atoms in total. The molecule has 1 aliphatic rings. The van der Waals surface area contributed by atoms with Crippen LogP contribution >= 0.6 is 24.6 Å². The highest BCUT2D eigenvalue weighted by molar-refractivity contribution is 7.80. The third-order valence-corrected chi connectivity index (χ3v) is 6.41. The van der Waals surface area contributed by atoms with E-state index in [-0.39, 0.29) is 48.8 Å². The molecule has 0 aliphatic carbocycles. The molecule has 1 aliphatic heterocycles. The predicted molar refractivity (Wildman–Crippen MR) is 164 cm³/mol. The molecule has 3 atom stereocenters. The second-order valence-corrected chi connectivity index (χ2v) is 9.67. The number of halogens is 1. The summed E-state index contributed by atoms with van der Waals surface area (Å²) in [4.78, 5) is 57.1. The number of amides is 3. The Hall–Kier alpha value is -3.78. The fraction of sp³-hybridized carbons (Fsp3) is 0.500. The van der Waals surface area contributed by atoms with Crippen LogP contribution in [0.3, 0.4) is 0 Å². The number of rotatable bonds is 14. The van der Waals surface area contributed by atoms with E-state index in [9.17, 15) is 19.2 Å². The third kappa shape index (κ3) is 12.5. The minimum atomic E-state index is -0.992. The largest absolute Gasteiger partial charge is 0.370 e. The maximum absolute atomic E-state index is 13.5. The first-order chi connectivity index (χ1) is 19.1. The molecule has 1 saturated heterocycles. The number of guanidine groups is 1. The van der Waals surface area contributed by atoms with Gasteiger partial charge in [-0.3, -0.25) is 29.6 Å². The van der Waals surface area contributed by atoms with Gasteiger partial charge >= 0.3 is 0 Å². The molecule has 226 valence electrons. The van der Waals surface area contributed by atoms with Gasteiger partial charge in [-0.25, -0.2) is 0 Å². The number of thiocarbonyl (C=S) groups is 1. The highest BCUT2D eigenvalue weighted by atomic mass is 35.5. The van der Waals surface area contributed by atoms with Crippen molar-refractivity contribution in [2.75, 3.05) is 19.6 Å². The lowest BCUT2D eigenvalue weighted by Crippen LogP contribution is -2.56. The SMILES string of the molecule is CCNC(=S)N/N=C/C(=O)[C@H](CCCN=C(N)N)NC(=O)[C@H](Cc1ccccc1)NC(=O)[C@@H]1CCCN1C(C)=O.Cl. The number of likely N-dealkylation sites (tertiary alicyclic amines) is 1. The van der Waals surface area contributed by atoms with Gasteiger partial charge in [0.1, 0.15) is 12.1 Å². The number of hydrazone groups is 1. The first-order valence-electron chi connectivity index (χ1n) is 13.2. The summed E-state index contributed by atoms with van der Waals surface area (Å²) in [6, 6.07) is 6.58. The topological polar surface area (TPSA) is 196 Å². The van der Waals surface area contributed by atoms with E-state index in [0.29, 0.717) is 32.4 Å². The van der Waals surface area contributed by atoms with Gasteiger partial charge in [-0.1, -0.05) is 30.3 Å². The van der Waals surface area contributed by atoms with Crippen LogP contribution in [0.25, 0.3) is 0 Å². The maximum Gasteiger partial charge on any atom is 0.243 e. The Bertz CT molecular complexity index is 1100. The van der Waals surface area contributed by atoms with Crippen LogP contribution in [0.5, 0.6) is 0 Å². The summed E-state index contributed by atoms with van der Waals surface area (Å²) in [7, 11) is 0. The number of hydrogen-bond acceptors (Lipinski definition) is 7. The quantitative estimate of drug-likeness (QED) is 0.0540. The van der Waals surface area contributed by atoms with Crippen molar-refractivity contribution in [2.45, 2.75) is 64.1 Å². The van der Waals surface area contributed by atoms with Crippen LogP contribution in [-0.2, 0) is 25.6 Å². The Morgan fingerprint density at radius 3 is 2.49 bits per heavy atom. The smallest absolute Gasteiger partial charge is 0.243 e. The zero-order valence-corrected chi connectivity index (χ0v) is 24.9. The highest BCUT2D eigenvalue weighted by Gasteiger charge is 2.35. The fourth-order valence-corrected chi connectivity index (χ4v) is 4.45. The molecular weight excluding hydrogens is 570 g/mol. The van der Waals surface area contributed by atoms with Crippen molar-refractivity contribution in [1.29, 1.82) is 0 Å². The van der Waals surface area contributed by atoms with Crippen LogP contribution in [0.4, 0.5) is 0 Å². The van der Waals surface area contributed by atoms with Crippen LogP contribution in [0.1, 0.15) is 45.1 Å². The number of carbonyl (C=O) groups excluding carboxylic acids is 4. The summed E-state index contributed by atoms with van der Waals surface area (Å²) in [5, 5.41) is 12.5. The summed E-state index contributed by atoms with van der Waals surface area (Å²) in [5.74, 6) is -1.72. The molecule has 15 heteroatoms. The second-order valence-electron chi connectivity index (χ2n) is 9.26. The number of Topliss-reactive ketones (excluding diaryl/α,β-unsaturated/α-hetero) is 1. The van der Waals surface area contributed by atoms with Gasteiger partial charge in [0.2, 0.25) is 17.7 Å². The molecule has 3 amide bonds. The summed E-state index contributed by atoms with van der Waals surface area (Å²) in [6.07, 6.45) is 3.06. The Labute approximate surface area is 251 Å². The minimum absolute atomic E-state index is 0. The highest BCUT2D eigenvalue weighted by Crippen LogP contribution is 2.18. The number of carbonyl (C=O) groups is 4. The number of aliphatic imine (C=N–C) groups is 1. The number of nitrogens with zero attached hydrogens (tertiary/aromatic N) is 3. The predicted octanol–water partition coefficient (Wildman–Crippen LogP) is -0.276. The monoisotopic (exact) mass is 609 g/mol. The van der Waals surface area contributed by atoms with Gasteiger partial charge in [0.15, 0.2) is 16.9 Å². The summed E-state index contributed by atoms with van der Waals surface area (Å²) in [6.45, 7) is 4.60. The molecule has 1 aromatic carbocycles. The van der Waals surface area contributed by atoms with Crippen molar-refractivity contribution in [3.63, 3.8) is 0 Å². The average molecular weight is 610 g/mol. The molecule has 8 N–H and O–H groups in total. The first-order valence-corrected chi connectivity index (χ1v) is 13.6. The van der Waals surface area contributed by atoms with Crippen molar-refractivity contribution in [3.05, 3.63) is 35.9 Å². The van der Waals surface area contributed by atoms with Gasteiger partial charge in [-0.15, -0.1) is 12.4 Å². The van der Waals surface area contributed by atoms with Crippen molar-refractivity contribution in [2.24, 2.45) is 21.6 Å². The number of ketones is 1. The number of nitrogens with two attached hydrogens (primary N) is 2. The second kappa shape index (κ2) is 18.5. The maximum atomic E-state index is 13.5. The molecule has 1 aromatic rings. The Morgan fingerprint density at radius 2 is 1.85 bits per heavy atom. The van der Waals surface area contributed by atoms with Gasteiger partial charge < -0.3 is 32.3 Å². The molecule has 0 bridgehead atoms. The number of benzene rings is 1. The van der Waals surface area contributed by atoms with Gasteiger partial charge in [0, 0.05) is 33.0 Å². The number of nitrogens with one attached hydrogen (secondary N) is 4. The standard InChI is InChI=1S/C26H39N9O4S.ClH/c1-3-29-26(40)34-31-16-22(37)19(11-7-13-30-25(27)28)32-23(38)20(15-18-9-5-4-6-10-18)33-24(39)21-12-8-14-35(21)17(2)36;/h4-6,9-10,16,19-21H,3,7-8,11-15H2,1-2H3,(H,32,38)(H,33,39)(H4,27,28,30)(H2,29,34,40);1H/b31-16+;/t19-,20-,21-;/m0./s1. The van der Waals surface area contributed by atoms with E-state index in [0.717, 1.165) is 11.8 Å². The van der Waals surface area contributed by atoms with Gasteiger partial charge in [0.05, 0.1) is 12.3 Å². The van der Waals surface area contributed by atoms with Crippen molar-refractivity contribution in [1.82, 2.24) is 26.3 Å². The summed E-state index contributed by atoms with van der Waals surface area (Å²) < 4.78 is 0. The molecule has 41 heavy (non-hydrogen) atoms. The van der Waals surface area contributed by atoms with E-state index in [4.69, 9.17) is 23.7 Å². The lowest BCUT2D eigenvalue weighted by atomic mass is 10.0.